The maximum absolute atomic E-state index is 10.5. The Morgan fingerprint density at radius 3 is 2.79 bits per heavy atom. The lowest BCUT2D eigenvalue weighted by molar-refractivity contribution is -0.136. The zero-order valence-electron chi connectivity index (χ0n) is 7.54. The molecule has 0 aliphatic heterocycles. The minimum Gasteiger partial charge on any atom is -0.481 e. The topological polar surface area (TPSA) is 61.1 Å². The molecule has 0 atom stereocenters. The molecule has 0 saturated carbocycles. The second kappa shape index (κ2) is 4.25. The summed E-state index contributed by atoms with van der Waals surface area (Å²) in [6.45, 7) is 1.75. The van der Waals surface area contributed by atoms with Gasteiger partial charge in [0.15, 0.2) is 0 Å². The molecule has 72 valence electrons. The number of rotatable bonds is 2. The third-order valence-electron chi connectivity index (χ3n) is 1.94. The fraction of sp³-hybridized carbons (Fsp3) is 0.200. The van der Waals surface area contributed by atoms with E-state index in [-0.39, 0.29) is 6.42 Å². The molecule has 0 aliphatic carbocycles. The first kappa shape index (κ1) is 10.7. The molecule has 0 saturated heterocycles. The van der Waals surface area contributed by atoms with Gasteiger partial charge in [0.25, 0.3) is 0 Å². The molecule has 0 aromatic heterocycles. The first-order valence-corrected chi connectivity index (χ1v) is 4.75. The Kier molecular flexibility index (Phi) is 3.26. The van der Waals surface area contributed by atoms with E-state index in [4.69, 9.17) is 10.4 Å². The van der Waals surface area contributed by atoms with Crippen molar-refractivity contribution in [3.63, 3.8) is 0 Å². The summed E-state index contributed by atoms with van der Waals surface area (Å²) in [7, 11) is 0. The summed E-state index contributed by atoms with van der Waals surface area (Å²) in [4.78, 5) is 10.5. The third kappa shape index (κ3) is 2.33. The molecule has 0 unspecified atom stereocenters. The van der Waals surface area contributed by atoms with Gasteiger partial charge in [0.05, 0.1) is 18.1 Å². The SMILES string of the molecule is Cc1c(C#N)cc(Br)cc1CC(=O)O. The van der Waals surface area contributed by atoms with E-state index in [1.807, 2.05) is 6.07 Å². The number of hydrogen-bond donors (Lipinski definition) is 1. The van der Waals surface area contributed by atoms with Gasteiger partial charge in [-0.1, -0.05) is 15.9 Å². The molecular formula is C10H8BrNO2. The highest BCUT2D eigenvalue weighted by molar-refractivity contribution is 9.10. The fourth-order valence-electron chi connectivity index (χ4n) is 1.20. The zero-order chi connectivity index (χ0) is 10.7. The van der Waals surface area contributed by atoms with Crippen LogP contribution in [0.3, 0.4) is 0 Å². The quantitative estimate of drug-likeness (QED) is 0.880. The first-order valence-electron chi connectivity index (χ1n) is 3.95. The molecule has 0 amide bonds. The van der Waals surface area contributed by atoms with E-state index < -0.39 is 5.97 Å². The van der Waals surface area contributed by atoms with Gasteiger partial charge in [-0.3, -0.25) is 4.79 Å². The number of nitrogens with zero attached hydrogens (tertiary/aromatic N) is 1. The molecule has 4 heteroatoms. The van der Waals surface area contributed by atoms with Gasteiger partial charge in [0, 0.05) is 4.47 Å². The number of carboxylic acid groups (broad SMARTS) is 1. The van der Waals surface area contributed by atoms with E-state index in [1.54, 1.807) is 19.1 Å². The van der Waals surface area contributed by atoms with Crippen molar-refractivity contribution in [2.75, 3.05) is 0 Å². The lowest BCUT2D eigenvalue weighted by Gasteiger charge is -2.05. The van der Waals surface area contributed by atoms with Crippen LogP contribution in [0.2, 0.25) is 0 Å². The van der Waals surface area contributed by atoms with Crippen LogP contribution in [0, 0.1) is 18.3 Å². The largest absolute Gasteiger partial charge is 0.481 e. The van der Waals surface area contributed by atoms with Crippen LogP contribution in [0.5, 0.6) is 0 Å². The van der Waals surface area contributed by atoms with Crippen molar-refractivity contribution in [3.05, 3.63) is 33.3 Å². The van der Waals surface area contributed by atoms with Crippen molar-refractivity contribution in [1.29, 1.82) is 5.26 Å². The number of carbonyl (C=O) groups is 1. The van der Waals surface area contributed by atoms with Gasteiger partial charge in [-0.25, -0.2) is 0 Å². The predicted molar refractivity (Wildman–Crippen MR) is 54.9 cm³/mol. The molecule has 14 heavy (non-hydrogen) atoms. The van der Waals surface area contributed by atoms with E-state index in [2.05, 4.69) is 15.9 Å². The molecular weight excluding hydrogens is 246 g/mol. The van der Waals surface area contributed by atoms with Crippen molar-refractivity contribution in [2.24, 2.45) is 0 Å². The summed E-state index contributed by atoms with van der Waals surface area (Å²) < 4.78 is 0.732. The lowest BCUT2D eigenvalue weighted by atomic mass is 10.0. The second-order valence-electron chi connectivity index (χ2n) is 2.92. The second-order valence-corrected chi connectivity index (χ2v) is 3.84. The van der Waals surface area contributed by atoms with E-state index in [9.17, 15) is 4.79 Å². The molecule has 1 aromatic carbocycles. The molecule has 1 rings (SSSR count). The van der Waals surface area contributed by atoms with Gasteiger partial charge in [-0.15, -0.1) is 0 Å². The average Bonchev–Trinajstić information content (AvgIpc) is 2.09. The highest BCUT2D eigenvalue weighted by Gasteiger charge is 2.08. The molecule has 1 N–H and O–H groups in total. The van der Waals surface area contributed by atoms with Crippen LogP contribution in [0.25, 0.3) is 0 Å². The molecule has 0 radical (unpaired) electrons. The Labute approximate surface area is 90.1 Å². The number of benzene rings is 1. The molecule has 1 aromatic rings. The van der Waals surface area contributed by atoms with E-state index in [1.165, 1.54) is 0 Å². The minimum atomic E-state index is -0.893. The first-order chi connectivity index (χ1) is 6.54. The maximum Gasteiger partial charge on any atom is 0.307 e. The highest BCUT2D eigenvalue weighted by atomic mass is 79.9. The third-order valence-corrected chi connectivity index (χ3v) is 2.40. The Balaban J connectivity index is 3.23. The van der Waals surface area contributed by atoms with Crippen molar-refractivity contribution in [2.45, 2.75) is 13.3 Å². The van der Waals surface area contributed by atoms with Crippen molar-refractivity contribution in [3.8, 4) is 6.07 Å². The van der Waals surface area contributed by atoms with Crippen molar-refractivity contribution < 1.29 is 9.90 Å². The van der Waals surface area contributed by atoms with E-state index in [0.717, 1.165) is 10.0 Å². The van der Waals surface area contributed by atoms with Gasteiger partial charge in [-0.2, -0.15) is 5.26 Å². The van der Waals surface area contributed by atoms with Gasteiger partial charge in [0.2, 0.25) is 0 Å². The highest BCUT2D eigenvalue weighted by Crippen LogP contribution is 2.20. The molecule has 0 aliphatic rings. The summed E-state index contributed by atoms with van der Waals surface area (Å²) >= 11 is 3.23. The van der Waals surface area contributed by atoms with Crippen LogP contribution in [-0.2, 0) is 11.2 Å². The fourth-order valence-corrected chi connectivity index (χ4v) is 1.70. The summed E-state index contributed by atoms with van der Waals surface area (Å²) in [6.07, 6.45) is -0.0556. The van der Waals surface area contributed by atoms with Gasteiger partial charge >= 0.3 is 5.97 Å². The van der Waals surface area contributed by atoms with Crippen LogP contribution in [0.1, 0.15) is 16.7 Å². The smallest absolute Gasteiger partial charge is 0.307 e. The maximum atomic E-state index is 10.5. The minimum absolute atomic E-state index is 0.0556. The summed E-state index contributed by atoms with van der Waals surface area (Å²) in [5.74, 6) is -0.893. The van der Waals surface area contributed by atoms with Crippen LogP contribution in [0.15, 0.2) is 16.6 Å². The molecule has 3 nitrogen and oxygen atoms in total. The zero-order valence-corrected chi connectivity index (χ0v) is 9.13. The average molecular weight is 254 g/mol. The standard InChI is InChI=1S/C10H8BrNO2/c1-6-7(4-10(13)14)2-9(11)3-8(6)5-12/h2-3H,4H2,1H3,(H,13,14). The van der Waals surface area contributed by atoms with Crippen LogP contribution < -0.4 is 0 Å². The van der Waals surface area contributed by atoms with Crippen molar-refractivity contribution >= 4 is 21.9 Å². The molecule has 0 spiro atoms. The van der Waals surface area contributed by atoms with Gasteiger partial charge < -0.3 is 5.11 Å². The van der Waals surface area contributed by atoms with E-state index in [0.29, 0.717) is 11.1 Å². The monoisotopic (exact) mass is 253 g/mol. The normalized spacial score (nSPS) is 9.50. The Bertz CT molecular complexity index is 421. The summed E-state index contributed by atoms with van der Waals surface area (Å²) in [5, 5.41) is 17.4. The molecule has 0 fully saturated rings. The molecule has 0 heterocycles. The Hall–Kier alpha value is -1.34. The van der Waals surface area contributed by atoms with Crippen LogP contribution in [-0.4, -0.2) is 11.1 Å². The van der Waals surface area contributed by atoms with Crippen molar-refractivity contribution in [1.82, 2.24) is 0 Å². The Morgan fingerprint density at radius 2 is 2.29 bits per heavy atom. The molecule has 0 bridgehead atoms. The number of carboxylic acids is 1. The number of hydrogen-bond acceptors (Lipinski definition) is 2. The number of nitriles is 1. The Morgan fingerprint density at radius 1 is 1.64 bits per heavy atom. The summed E-state index contributed by atoms with van der Waals surface area (Å²) in [5.41, 5.74) is 1.91. The van der Waals surface area contributed by atoms with Gasteiger partial charge in [-0.05, 0) is 30.2 Å². The lowest BCUT2D eigenvalue weighted by Crippen LogP contribution is -2.03. The number of aliphatic carboxylic acids is 1. The van der Waals surface area contributed by atoms with Crippen LogP contribution >= 0.6 is 15.9 Å². The summed E-state index contributed by atoms with van der Waals surface area (Å²) in [6, 6.07) is 5.43. The van der Waals surface area contributed by atoms with E-state index >= 15 is 0 Å². The van der Waals surface area contributed by atoms with Crippen LogP contribution in [0.4, 0.5) is 0 Å². The predicted octanol–water partition coefficient (Wildman–Crippen LogP) is 2.26. The van der Waals surface area contributed by atoms with Gasteiger partial charge in [0.1, 0.15) is 0 Å². The number of halogens is 1.